The van der Waals surface area contributed by atoms with Crippen molar-refractivity contribution in [1.29, 1.82) is 5.26 Å². The maximum absolute atomic E-state index is 12.6. The van der Waals surface area contributed by atoms with E-state index >= 15 is 0 Å². The van der Waals surface area contributed by atoms with Gasteiger partial charge in [0.25, 0.3) is 5.91 Å². The van der Waals surface area contributed by atoms with E-state index < -0.39 is 0 Å². The van der Waals surface area contributed by atoms with Gasteiger partial charge < -0.3 is 14.8 Å². The van der Waals surface area contributed by atoms with Crippen LogP contribution in [0.3, 0.4) is 0 Å². The lowest BCUT2D eigenvalue weighted by atomic mass is 10.0. The summed E-state index contributed by atoms with van der Waals surface area (Å²) in [5, 5.41) is 12.1. The number of allylic oxidation sites excluding steroid dienone is 1. The number of nitriles is 1. The molecular formula is C19H17ClN2O3. The van der Waals surface area contributed by atoms with Crippen molar-refractivity contribution in [3.63, 3.8) is 0 Å². The van der Waals surface area contributed by atoms with Gasteiger partial charge in [0.15, 0.2) is 11.5 Å². The number of rotatable bonds is 6. The van der Waals surface area contributed by atoms with Gasteiger partial charge in [-0.1, -0.05) is 17.7 Å². The number of nitrogens with one attached hydrogen (secondary N) is 1. The second-order valence-electron chi connectivity index (χ2n) is 5.12. The number of anilines is 1. The summed E-state index contributed by atoms with van der Waals surface area (Å²) in [5.74, 6) is 0.690. The fraction of sp³-hybridized carbons (Fsp3) is 0.158. The van der Waals surface area contributed by atoms with Gasteiger partial charge in [0.1, 0.15) is 6.07 Å². The van der Waals surface area contributed by atoms with Crippen molar-refractivity contribution in [3.8, 4) is 17.6 Å². The minimum absolute atomic E-state index is 0.291. The molecule has 2 aromatic carbocycles. The Labute approximate surface area is 151 Å². The van der Waals surface area contributed by atoms with E-state index in [4.69, 9.17) is 26.3 Å². The normalized spacial score (nSPS) is 9.84. The summed E-state index contributed by atoms with van der Waals surface area (Å²) >= 11 is 5.90. The first-order valence-corrected chi connectivity index (χ1v) is 7.78. The Morgan fingerprint density at radius 2 is 2.08 bits per heavy atom. The Morgan fingerprint density at radius 3 is 2.68 bits per heavy atom. The van der Waals surface area contributed by atoms with E-state index in [0.29, 0.717) is 39.8 Å². The molecule has 0 atom stereocenters. The van der Waals surface area contributed by atoms with Crippen LogP contribution >= 0.6 is 11.6 Å². The van der Waals surface area contributed by atoms with Crippen LogP contribution in [0, 0.1) is 11.3 Å². The molecule has 0 aliphatic heterocycles. The second-order valence-corrected chi connectivity index (χ2v) is 5.53. The van der Waals surface area contributed by atoms with Crippen LogP contribution < -0.4 is 14.8 Å². The Hall–Kier alpha value is -2.97. The highest BCUT2D eigenvalue weighted by Crippen LogP contribution is 2.33. The third-order valence-electron chi connectivity index (χ3n) is 3.53. The molecule has 1 N–H and O–H groups in total. The van der Waals surface area contributed by atoms with Gasteiger partial charge in [-0.15, -0.1) is 6.58 Å². The highest BCUT2D eigenvalue weighted by molar-refractivity contribution is 6.31. The van der Waals surface area contributed by atoms with E-state index in [0.717, 1.165) is 5.56 Å². The second kappa shape index (κ2) is 8.22. The van der Waals surface area contributed by atoms with Gasteiger partial charge in [0.05, 0.1) is 24.8 Å². The minimum atomic E-state index is -0.336. The molecule has 128 valence electrons. The summed E-state index contributed by atoms with van der Waals surface area (Å²) in [6.07, 6.45) is 2.25. The molecule has 2 rings (SSSR count). The Morgan fingerprint density at radius 1 is 1.32 bits per heavy atom. The van der Waals surface area contributed by atoms with Gasteiger partial charge in [-0.3, -0.25) is 4.79 Å². The molecule has 0 fully saturated rings. The molecule has 0 aliphatic rings. The monoisotopic (exact) mass is 356 g/mol. The first-order chi connectivity index (χ1) is 12.0. The highest BCUT2D eigenvalue weighted by Gasteiger charge is 2.16. The summed E-state index contributed by atoms with van der Waals surface area (Å²) in [6.45, 7) is 3.72. The topological polar surface area (TPSA) is 71.4 Å². The number of carbonyl (C=O) groups is 1. The molecule has 0 unspecified atom stereocenters. The molecule has 0 aromatic heterocycles. The molecule has 2 aromatic rings. The molecule has 0 radical (unpaired) electrons. The molecule has 0 saturated carbocycles. The van der Waals surface area contributed by atoms with Gasteiger partial charge in [0, 0.05) is 16.8 Å². The van der Waals surface area contributed by atoms with E-state index in [-0.39, 0.29) is 5.91 Å². The quantitative estimate of drug-likeness (QED) is 0.787. The Kier molecular flexibility index (Phi) is 6.04. The first-order valence-electron chi connectivity index (χ1n) is 7.40. The molecule has 0 spiro atoms. The number of amides is 1. The third kappa shape index (κ3) is 4.11. The van der Waals surface area contributed by atoms with E-state index in [1.54, 1.807) is 37.5 Å². The van der Waals surface area contributed by atoms with Crippen LogP contribution in [0.5, 0.6) is 11.5 Å². The smallest absolute Gasteiger partial charge is 0.255 e. The van der Waals surface area contributed by atoms with Crippen molar-refractivity contribution in [2.24, 2.45) is 0 Å². The molecule has 0 aliphatic carbocycles. The van der Waals surface area contributed by atoms with Crippen molar-refractivity contribution in [2.45, 2.75) is 6.42 Å². The van der Waals surface area contributed by atoms with E-state index in [9.17, 15) is 4.79 Å². The van der Waals surface area contributed by atoms with Crippen molar-refractivity contribution < 1.29 is 14.3 Å². The predicted molar refractivity (Wildman–Crippen MR) is 97.6 cm³/mol. The predicted octanol–water partition coefficient (Wildman–Crippen LogP) is 4.21. The Balaban J connectivity index is 2.37. The van der Waals surface area contributed by atoms with E-state index in [1.165, 1.54) is 13.2 Å². The first kappa shape index (κ1) is 18.4. The van der Waals surface area contributed by atoms with Crippen LogP contribution in [-0.2, 0) is 6.42 Å². The molecule has 25 heavy (non-hydrogen) atoms. The SMILES string of the molecule is C=CCc1cc(C(=O)Nc2ccc(Cl)c(C#N)c2)cc(OC)c1OC. The van der Waals surface area contributed by atoms with E-state index in [1.807, 2.05) is 6.07 Å². The van der Waals surface area contributed by atoms with Gasteiger partial charge in [0.2, 0.25) is 0 Å². The van der Waals surface area contributed by atoms with Gasteiger partial charge >= 0.3 is 0 Å². The zero-order valence-corrected chi connectivity index (χ0v) is 14.7. The molecule has 0 heterocycles. The molecular weight excluding hydrogens is 340 g/mol. The largest absolute Gasteiger partial charge is 0.493 e. The van der Waals surface area contributed by atoms with Crippen LogP contribution in [0.15, 0.2) is 43.0 Å². The van der Waals surface area contributed by atoms with Gasteiger partial charge in [-0.05, 0) is 36.8 Å². The lowest BCUT2D eigenvalue weighted by molar-refractivity contribution is 0.102. The zero-order valence-electron chi connectivity index (χ0n) is 13.9. The van der Waals surface area contributed by atoms with E-state index in [2.05, 4.69) is 11.9 Å². The average molecular weight is 357 g/mol. The fourth-order valence-electron chi connectivity index (χ4n) is 2.37. The number of halogens is 1. The number of benzene rings is 2. The molecule has 6 heteroatoms. The molecule has 0 bridgehead atoms. The highest BCUT2D eigenvalue weighted by atomic mass is 35.5. The lowest BCUT2D eigenvalue weighted by Crippen LogP contribution is -2.13. The van der Waals surface area contributed by atoms with Crippen molar-refractivity contribution in [2.75, 3.05) is 19.5 Å². The van der Waals surface area contributed by atoms with Crippen molar-refractivity contribution >= 4 is 23.2 Å². The molecule has 0 saturated heterocycles. The number of hydrogen-bond acceptors (Lipinski definition) is 4. The molecule has 5 nitrogen and oxygen atoms in total. The number of methoxy groups -OCH3 is 2. The number of hydrogen-bond donors (Lipinski definition) is 1. The zero-order chi connectivity index (χ0) is 18.4. The van der Waals surface area contributed by atoms with Crippen LogP contribution in [0.25, 0.3) is 0 Å². The maximum Gasteiger partial charge on any atom is 0.255 e. The summed E-state index contributed by atoms with van der Waals surface area (Å²) in [4.78, 5) is 12.6. The Bertz CT molecular complexity index is 856. The maximum atomic E-state index is 12.6. The van der Waals surface area contributed by atoms with Gasteiger partial charge in [-0.25, -0.2) is 0 Å². The van der Waals surface area contributed by atoms with Crippen LogP contribution in [0.2, 0.25) is 5.02 Å². The number of carbonyl (C=O) groups excluding carboxylic acids is 1. The fourth-order valence-corrected chi connectivity index (χ4v) is 2.53. The van der Waals surface area contributed by atoms with Gasteiger partial charge in [-0.2, -0.15) is 5.26 Å². The van der Waals surface area contributed by atoms with Crippen LogP contribution in [0.1, 0.15) is 21.5 Å². The van der Waals surface area contributed by atoms with Crippen molar-refractivity contribution in [1.82, 2.24) is 0 Å². The summed E-state index contributed by atoms with van der Waals surface area (Å²) in [6, 6.07) is 10.0. The summed E-state index contributed by atoms with van der Waals surface area (Å²) in [7, 11) is 3.05. The summed E-state index contributed by atoms with van der Waals surface area (Å²) in [5.41, 5.74) is 1.96. The van der Waals surface area contributed by atoms with Crippen LogP contribution in [0.4, 0.5) is 5.69 Å². The number of nitrogens with zero attached hydrogens (tertiary/aromatic N) is 1. The standard InChI is InChI=1S/C19H17ClN2O3/c1-4-5-12-8-13(10-17(24-2)18(12)25-3)19(23)22-15-6-7-16(20)14(9-15)11-21/h4,6-10H,1,5H2,2-3H3,(H,22,23). The molecule has 1 amide bonds. The van der Waals surface area contributed by atoms with Crippen LogP contribution in [-0.4, -0.2) is 20.1 Å². The average Bonchev–Trinajstić information content (AvgIpc) is 2.62. The number of ether oxygens (including phenoxy) is 2. The summed E-state index contributed by atoms with van der Waals surface area (Å²) < 4.78 is 10.7. The minimum Gasteiger partial charge on any atom is -0.493 e. The third-order valence-corrected chi connectivity index (χ3v) is 3.86. The lowest BCUT2D eigenvalue weighted by Gasteiger charge is -2.14. The van der Waals surface area contributed by atoms with Crippen molar-refractivity contribution in [3.05, 3.63) is 64.7 Å².